The standard InChI is InChI=1S/C14H14N2O4/c1-9-4-3-5-11(6-7-13(17)18)14(9)19-8-12-15-10(2)20-16-12/h3-7H,8H2,1-2H3,(H,17,18)/b7-6+. The van der Waals surface area contributed by atoms with Gasteiger partial charge in [-0.2, -0.15) is 4.98 Å². The van der Waals surface area contributed by atoms with E-state index in [1.165, 1.54) is 6.08 Å². The largest absolute Gasteiger partial charge is 0.485 e. The van der Waals surface area contributed by atoms with Gasteiger partial charge in [0.15, 0.2) is 6.61 Å². The third-order valence-corrected chi connectivity index (χ3v) is 2.56. The highest BCUT2D eigenvalue weighted by Gasteiger charge is 2.08. The van der Waals surface area contributed by atoms with Crippen LogP contribution in [0.1, 0.15) is 22.8 Å². The van der Waals surface area contributed by atoms with Crippen molar-refractivity contribution in [1.29, 1.82) is 0 Å². The lowest BCUT2D eigenvalue weighted by atomic mass is 10.1. The second-order valence-electron chi connectivity index (χ2n) is 4.18. The van der Waals surface area contributed by atoms with Crippen LogP contribution in [-0.4, -0.2) is 21.2 Å². The molecule has 1 aromatic heterocycles. The maximum absolute atomic E-state index is 10.6. The zero-order valence-electron chi connectivity index (χ0n) is 11.2. The molecule has 104 valence electrons. The topological polar surface area (TPSA) is 85.5 Å². The van der Waals surface area contributed by atoms with Gasteiger partial charge in [-0.05, 0) is 18.6 Å². The Kier molecular flexibility index (Phi) is 4.14. The summed E-state index contributed by atoms with van der Waals surface area (Å²) in [5, 5.41) is 12.4. The lowest BCUT2D eigenvalue weighted by molar-refractivity contribution is -0.131. The molecule has 1 aromatic carbocycles. The molecular weight excluding hydrogens is 260 g/mol. The van der Waals surface area contributed by atoms with Gasteiger partial charge in [0.05, 0.1) is 0 Å². The Hall–Kier alpha value is -2.63. The van der Waals surface area contributed by atoms with E-state index >= 15 is 0 Å². The van der Waals surface area contributed by atoms with Gasteiger partial charge < -0.3 is 14.4 Å². The van der Waals surface area contributed by atoms with E-state index in [1.807, 2.05) is 19.1 Å². The van der Waals surface area contributed by atoms with Crippen LogP contribution in [0.2, 0.25) is 0 Å². The van der Waals surface area contributed by atoms with Crippen molar-refractivity contribution in [3.05, 3.63) is 47.1 Å². The first-order valence-electron chi connectivity index (χ1n) is 5.99. The molecule has 0 bridgehead atoms. The fraction of sp³-hybridized carbons (Fsp3) is 0.214. The minimum Gasteiger partial charge on any atom is -0.485 e. The third kappa shape index (κ3) is 3.44. The lowest BCUT2D eigenvalue weighted by Crippen LogP contribution is -2.00. The van der Waals surface area contributed by atoms with Crippen molar-refractivity contribution in [3.8, 4) is 5.75 Å². The summed E-state index contributed by atoms with van der Waals surface area (Å²) in [7, 11) is 0. The Bertz CT molecular complexity index is 646. The molecule has 0 aliphatic heterocycles. The quantitative estimate of drug-likeness (QED) is 0.842. The number of aromatic nitrogens is 2. The van der Waals surface area contributed by atoms with E-state index in [1.54, 1.807) is 13.0 Å². The number of carboxylic acids is 1. The number of aryl methyl sites for hydroxylation is 2. The SMILES string of the molecule is Cc1nc(COc2c(C)cccc2/C=C/C(=O)O)no1. The van der Waals surface area contributed by atoms with Crippen molar-refractivity contribution in [2.75, 3.05) is 0 Å². The monoisotopic (exact) mass is 274 g/mol. The maximum Gasteiger partial charge on any atom is 0.328 e. The Morgan fingerprint density at radius 1 is 1.45 bits per heavy atom. The molecule has 0 amide bonds. The van der Waals surface area contributed by atoms with Crippen LogP contribution in [0.3, 0.4) is 0 Å². The molecule has 6 heteroatoms. The first-order chi connectivity index (χ1) is 9.56. The summed E-state index contributed by atoms with van der Waals surface area (Å²) in [6, 6.07) is 5.50. The number of ether oxygens (including phenoxy) is 1. The molecular formula is C14H14N2O4. The van der Waals surface area contributed by atoms with Gasteiger partial charge >= 0.3 is 5.97 Å². The van der Waals surface area contributed by atoms with Gasteiger partial charge in [-0.3, -0.25) is 0 Å². The van der Waals surface area contributed by atoms with E-state index in [0.717, 1.165) is 11.6 Å². The van der Waals surface area contributed by atoms with Crippen molar-refractivity contribution in [2.24, 2.45) is 0 Å². The van der Waals surface area contributed by atoms with Crippen LogP contribution in [0.25, 0.3) is 6.08 Å². The number of aliphatic carboxylic acids is 1. The molecule has 1 heterocycles. The fourth-order valence-corrected chi connectivity index (χ4v) is 1.70. The summed E-state index contributed by atoms with van der Waals surface area (Å²) < 4.78 is 10.5. The summed E-state index contributed by atoms with van der Waals surface area (Å²) in [5.74, 6) is 0.511. The first-order valence-corrected chi connectivity index (χ1v) is 5.99. The summed E-state index contributed by atoms with van der Waals surface area (Å²) in [5.41, 5.74) is 1.59. The predicted molar refractivity (Wildman–Crippen MR) is 71.2 cm³/mol. The van der Waals surface area contributed by atoms with Crippen LogP contribution in [0.5, 0.6) is 5.75 Å². The van der Waals surface area contributed by atoms with Crippen LogP contribution in [0.4, 0.5) is 0 Å². The van der Waals surface area contributed by atoms with Gasteiger partial charge in [-0.15, -0.1) is 0 Å². The van der Waals surface area contributed by atoms with E-state index in [2.05, 4.69) is 10.1 Å². The number of carboxylic acid groups (broad SMARTS) is 1. The molecule has 1 N–H and O–H groups in total. The van der Waals surface area contributed by atoms with Crippen molar-refractivity contribution < 1.29 is 19.2 Å². The molecule has 0 aliphatic rings. The molecule has 0 saturated heterocycles. The number of carbonyl (C=O) groups is 1. The van der Waals surface area contributed by atoms with Gasteiger partial charge in [0.2, 0.25) is 11.7 Å². The number of rotatable bonds is 5. The summed E-state index contributed by atoms with van der Waals surface area (Å²) in [6.45, 7) is 3.75. The van der Waals surface area contributed by atoms with E-state index in [0.29, 0.717) is 23.0 Å². The average Bonchev–Trinajstić information content (AvgIpc) is 2.81. The van der Waals surface area contributed by atoms with Gasteiger partial charge in [-0.25, -0.2) is 4.79 Å². The molecule has 2 rings (SSSR count). The summed E-state index contributed by atoms with van der Waals surface area (Å²) in [6.07, 6.45) is 2.56. The Labute approximate surface area is 115 Å². The Morgan fingerprint density at radius 3 is 2.90 bits per heavy atom. The maximum atomic E-state index is 10.6. The molecule has 6 nitrogen and oxygen atoms in total. The van der Waals surface area contributed by atoms with Crippen LogP contribution in [0.15, 0.2) is 28.8 Å². The molecule has 2 aromatic rings. The highest BCUT2D eigenvalue weighted by Crippen LogP contribution is 2.25. The van der Waals surface area contributed by atoms with Crippen LogP contribution in [0, 0.1) is 13.8 Å². The number of hydrogen-bond donors (Lipinski definition) is 1. The van der Waals surface area contributed by atoms with E-state index in [4.69, 9.17) is 14.4 Å². The predicted octanol–water partition coefficient (Wildman–Crippen LogP) is 2.36. The van der Waals surface area contributed by atoms with Crippen molar-refractivity contribution in [2.45, 2.75) is 20.5 Å². The molecule has 20 heavy (non-hydrogen) atoms. The summed E-state index contributed by atoms with van der Waals surface area (Å²) in [4.78, 5) is 14.6. The number of para-hydroxylation sites is 1. The van der Waals surface area contributed by atoms with Gasteiger partial charge in [-0.1, -0.05) is 23.4 Å². The summed E-state index contributed by atoms with van der Waals surface area (Å²) >= 11 is 0. The second-order valence-corrected chi connectivity index (χ2v) is 4.18. The fourth-order valence-electron chi connectivity index (χ4n) is 1.70. The molecule has 0 radical (unpaired) electrons. The van der Waals surface area contributed by atoms with Crippen LogP contribution >= 0.6 is 0 Å². The molecule has 0 aliphatic carbocycles. The zero-order chi connectivity index (χ0) is 14.5. The average molecular weight is 274 g/mol. The second kappa shape index (κ2) is 6.01. The van der Waals surface area contributed by atoms with Gasteiger partial charge in [0, 0.05) is 18.6 Å². The number of benzene rings is 1. The number of nitrogens with zero attached hydrogens (tertiary/aromatic N) is 2. The number of hydrogen-bond acceptors (Lipinski definition) is 5. The van der Waals surface area contributed by atoms with Crippen LogP contribution in [-0.2, 0) is 11.4 Å². The first kappa shape index (κ1) is 13.8. The molecule has 0 fully saturated rings. The molecule has 0 spiro atoms. The van der Waals surface area contributed by atoms with Crippen molar-refractivity contribution >= 4 is 12.0 Å². The van der Waals surface area contributed by atoms with Gasteiger partial charge in [0.25, 0.3) is 0 Å². The van der Waals surface area contributed by atoms with Crippen LogP contribution < -0.4 is 4.74 Å². The lowest BCUT2D eigenvalue weighted by Gasteiger charge is -2.10. The molecule has 0 atom stereocenters. The van der Waals surface area contributed by atoms with Gasteiger partial charge in [0.1, 0.15) is 5.75 Å². The minimum atomic E-state index is -1.01. The van der Waals surface area contributed by atoms with Crippen molar-refractivity contribution in [1.82, 2.24) is 10.1 Å². The Balaban J connectivity index is 2.19. The third-order valence-electron chi connectivity index (χ3n) is 2.56. The normalized spacial score (nSPS) is 10.9. The smallest absolute Gasteiger partial charge is 0.328 e. The van der Waals surface area contributed by atoms with E-state index in [9.17, 15) is 4.79 Å². The zero-order valence-corrected chi connectivity index (χ0v) is 11.2. The Morgan fingerprint density at radius 2 is 2.25 bits per heavy atom. The molecule has 0 saturated carbocycles. The van der Waals surface area contributed by atoms with Crippen molar-refractivity contribution in [3.63, 3.8) is 0 Å². The van der Waals surface area contributed by atoms with E-state index in [-0.39, 0.29) is 6.61 Å². The highest BCUT2D eigenvalue weighted by atomic mass is 16.5. The van der Waals surface area contributed by atoms with E-state index < -0.39 is 5.97 Å². The minimum absolute atomic E-state index is 0.163. The molecule has 0 unspecified atom stereocenters. The highest BCUT2D eigenvalue weighted by molar-refractivity contribution is 5.86.